The normalized spacial score (nSPS) is 11.6. The average Bonchev–Trinajstić information content (AvgIpc) is 3.28. The van der Waals surface area contributed by atoms with E-state index < -0.39 is 0 Å². The standard InChI is InChI=1S/C9H11N3O2.C9H7NS.CH4O/c13-5-4-12-6-11-7-2-1-3-10-8(7)9(12)14;1-2-4-8(5-3-1)9-10-6-7-11-9;1-2/h5-6,10H,1-4H2;1-7H;2H,1H3. The molecular formula is C19H22N4O3S. The molecule has 0 saturated carbocycles. The van der Waals surface area contributed by atoms with Gasteiger partial charge in [-0.25, -0.2) is 9.97 Å². The van der Waals surface area contributed by atoms with Crippen molar-refractivity contribution in [1.82, 2.24) is 14.5 Å². The number of aliphatic hydroxyl groups is 1. The lowest BCUT2D eigenvalue weighted by molar-refractivity contribution is -0.108. The summed E-state index contributed by atoms with van der Waals surface area (Å²) in [6.07, 6.45) is 5.78. The number of carbonyl (C=O) groups excluding carboxylic acids is 1. The number of nitrogens with zero attached hydrogens (tertiary/aromatic N) is 3. The molecule has 142 valence electrons. The number of thiazole rings is 1. The molecule has 2 N–H and O–H groups in total. The first kappa shape index (κ1) is 20.5. The molecule has 0 atom stereocenters. The van der Waals surface area contributed by atoms with Gasteiger partial charge in [-0.05, 0) is 12.8 Å². The van der Waals surface area contributed by atoms with Crippen LogP contribution in [0.3, 0.4) is 0 Å². The van der Waals surface area contributed by atoms with E-state index >= 15 is 0 Å². The van der Waals surface area contributed by atoms with Crippen molar-refractivity contribution in [2.24, 2.45) is 0 Å². The van der Waals surface area contributed by atoms with E-state index in [1.54, 1.807) is 11.3 Å². The van der Waals surface area contributed by atoms with Crippen LogP contribution in [0.25, 0.3) is 10.6 Å². The zero-order valence-electron chi connectivity index (χ0n) is 15.0. The van der Waals surface area contributed by atoms with Gasteiger partial charge in [0.2, 0.25) is 0 Å². The van der Waals surface area contributed by atoms with Crippen LogP contribution in [0.2, 0.25) is 0 Å². The first-order chi connectivity index (χ1) is 13.3. The number of carbonyl (C=O) groups is 1. The minimum atomic E-state index is -0.151. The number of rotatable bonds is 3. The predicted molar refractivity (Wildman–Crippen MR) is 107 cm³/mol. The summed E-state index contributed by atoms with van der Waals surface area (Å²) in [5, 5.41) is 13.1. The van der Waals surface area contributed by atoms with Crippen molar-refractivity contribution in [3.8, 4) is 10.6 Å². The maximum absolute atomic E-state index is 11.7. The van der Waals surface area contributed by atoms with Crippen LogP contribution in [0, 0.1) is 0 Å². The Labute approximate surface area is 161 Å². The average molecular weight is 386 g/mol. The maximum atomic E-state index is 11.7. The van der Waals surface area contributed by atoms with E-state index in [2.05, 4.69) is 27.4 Å². The molecule has 4 rings (SSSR count). The number of benzene rings is 1. The Bertz CT molecular complexity index is 880. The molecule has 0 saturated heterocycles. The number of nitrogens with one attached hydrogen (secondary N) is 1. The smallest absolute Gasteiger partial charge is 0.277 e. The number of anilines is 1. The summed E-state index contributed by atoms with van der Waals surface area (Å²) in [6.45, 7) is 0.871. The number of aliphatic hydroxyl groups excluding tert-OH is 1. The highest BCUT2D eigenvalue weighted by Crippen LogP contribution is 2.20. The van der Waals surface area contributed by atoms with Crippen LogP contribution < -0.4 is 10.9 Å². The van der Waals surface area contributed by atoms with Crippen molar-refractivity contribution >= 4 is 23.3 Å². The van der Waals surface area contributed by atoms with Gasteiger partial charge in [0, 0.05) is 30.8 Å². The predicted octanol–water partition coefficient (Wildman–Crippen LogP) is 2.22. The molecule has 27 heavy (non-hydrogen) atoms. The number of hydrogen-bond donors (Lipinski definition) is 2. The lowest BCUT2D eigenvalue weighted by atomic mass is 10.1. The van der Waals surface area contributed by atoms with Gasteiger partial charge in [0.25, 0.3) is 5.56 Å². The van der Waals surface area contributed by atoms with Gasteiger partial charge < -0.3 is 15.2 Å². The van der Waals surface area contributed by atoms with Gasteiger partial charge >= 0.3 is 0 Å². The van der Waals surface area contributed by atoms with Crippen LogP contribution in [-0.4, -0.2) is 39.6 Å². The SMILES string of the molecule is CO.O=CCn1cnc2c(c1=O)NCCC2.c1ccc(-c2nccs2)cc1. The molecule has 0 amide bonds. The molecular weight excluding hydrogens is 364 g/mol. The van der Waals surface area contributed by atoms with Gasteiger partial charge in [-0.15, -0.1) is 11.3 Å². The van der Waals surface area contributed by atoms with Crippen LogP contribution in [0.4, 0.5) is 5.69 Å². The molecule has 0 spiro atoms. The van der Waals surface area contributed by atoms with E-state index in [4.69, 9.17) is 5.11 Å². The van der Waals surface area contributed by atoms with E-state index in [0.29, 0.717) is 12.0 Å². The summed E-state index contributed by atoms with van der Waals surface area (Å²) in [4.78, 5) is 30.3. The second-order valence-electron chi connectivity index (χ2n) is 5.42. The molecule has 1 aliphatic heterocycles. The summed E-state index contributed by atoms with van der Waals surface area (Å²) in [7, 11) is 1.00. The van der Waals surface area contributed by atoms with E-state index in [9.17, 15) is 9.59 Å². The van der Waals surface area contributed by atoms with Gasteiger partial charge in [-0.2, -0.15) is 0 Å². The van der Waals surface area contributed by atoms with E-state index in [1.807, 2.05) is 29.8 Å². The Kier molecular flexibility index (Phi) is 8.34. The third-order valence-electron chi connectivity index (χ3n) is 3.73. The van der Waals surface area contributed by atoms with Gasteiger partial charge in [0.1, 0.15) is 17.0 Å². The summed E-state index contributed by atoms with van der Waals surface area (Å²) in [6, 6.07) is 10.2. The Morgan fingerprint density at radius 1 is 1.26 bits per heavy atom. The fourth-order valence-corrected chi connectivity index (χ4v) is 3.16. The monoisotopic (exact) mass is 386 g/mol. The number of hydrogen-bond acceptors (Lipinski definition) is 7. The molecule has 0 radical (unpaired) electrons. The van der Waals surface area contributed by atoms with E-state index in [1.165, 1.54) is 16.5 Å². The maximum Gasteiger partial charge on any atom is 0.277 e. The Morgan fingerprint density at radius 3 is 2.70 bits per heavy atom. The van der Waals surface area contributed by atoms with Gasteiger partial charge in [-0.3, -0.25) is 9.36 Å². The number of aromatic nitrogens is 3. The first-order valence-corrected chi connectivity index (χ1v) is 9.33. The van der Waals surface area contributed by atoms with Crippen LogP contribution in [0.1, 0.15) is 12.1 Å². The Balaban J connectivity index is 0.000000181. The van der Waals surface area contributed by atoms with Crippen molar-refractivity contribution in [2.75, 3.05) is 19.0 Å². The molecule has 0 aliphatic carbocycles. The minimum absolute atomic E-state index is 0.0702. The first-order valence-electron chi connectivity index (χ1n) is 8.45. The highest BCUT2D eigenvalue weighted by molar-refractivity contribution is 7.13. The Hall–Kier alpha value is -2.84. The van der Waals surface area contributed by atoms with Crippen molar-refractivity contribution in [3.63, 3.8) is 0 Å². The fraction of sp³-hybridized carbons (Fsp3) is 0.263. The van der Waals surface area contributed by atoms with E-state index in [0.717, 1.165) is 37.2 Å². The molecule has 1 aromatic carbocycles. The third-order valence-corrected chi connectivity index (χ3v) is 4.55. The van der Waals surface area contributed by atoms with Gasteiger partial charge in [0.05, 0.1) is 18.6 Å². The van der Waals surface area contributed by atoms with Crippen molar-refractivity contribution in [1.29, 1.82) is 0 Å². The zero-order valence-corrected chi connectivity index (χ0v) is 15.9. The lowest BCUT2D eigenvalue weighted by Gasteiger charge is -2.16. The number of aldehydes is 1. The van der Waals surface area contributed by atoms with Crippen LogP contribution in [0.5, 0.6) is 0 Å². The van der Waals surface area contributed by atoms with Crippen molar-refractivity contribution in [3.05, 3.63) is 64.3 Å². The zero-order chi connectivity index (χ0) is 19.5. The molecule has 8 heteroatoms. The van der Waals surface area contributed by atoms with Crippen molar-refractivity contribution < 1.29 is 9.90 Å². The highest BCUT2D eigenvalue weighted by atomic mass is 32.1. The highest BCUT2D eigenvalue weighted by Gasteiger charge is 2.14. The second kappa shape index (κ2) is 11.0. The van der Waals surface area contributed by atoms with Crippen LogP contribution >= 0.6 is 11.3 Å². The number of aryl methyl sites for hydroxylation is 1. The second-order valence-corrected chi connectivity index (χ2v) is 6.32. The molecule has 3 heterocycles. The summed E-state index contributed by atoms with van der Waals surface area (Å²) < 4.78 is 1.31. The number of fused-ring (bicyclic) bond motifs is 1. The van der Waals surface area contributed by atoms with Gasteiger partial charge in [-0.1, -0.05) is 30.3 Å². The third kappa shape index (κ3) is 5.57. The van der Waals surface area contributed by atoms with E-state index in [-0.39, 0.29) is 12.1 Å². The molecule has 3 aromatic rings. The van der Waals surface area contributed by atoms with Crippen molar-refractivity contribution in [2.45, 2.75) is 19.4 Å². The summed E-state index contributed by atoms with van der Waals surface area (Å²) >= 11 is 1.66. The quantitative estimate of drug-likeness (QED) is 0.670. The molecule has 0 unspecified atom stereocenters. The largest absolute Gasteiger partial charge is 0.400 e. The summed E-state index contributed by atoms with van der Waals surface area (Å²) in [5.41, 5.74) is 2.41. The van der Waals surface area contributed by atoms with Crippen LogP contribution in [0.15, 0.2) is 53.0 Å². The molecule has 7 nitrogen and oxygen atoms in total. The topological polar surface area (TPSA) is 97.1 Å². The van der Waals surface area contributed by atoms with Crippen LogP contribution in [-0.2, 0) is 17.8 Å². The summed E-state index contributed by atoms with van der Waals surface area (Å²) in [5.74, 6) is 0. The fourth-order valence-electron chi connectivity index (χ4n) is 2.52. The minimum Gasteiger partial charge on any atom is -0.400 e. The molecule has 1 aliphatic rings. The molecule has 0 bridgehead atoms. The van der Waals surface area contributed by atoms with Gasteiger partial charge in [0.15, 0.2) is 0 Å². The molecule has 2 aromatic heterocycles. The lowest BCUT2D eigenvalue weighted by Crippen LogP contribution is -2.29. The molecule has 0 fully saturated rings. The Morgan fingerprint density at radius 2 is 2.04 bits per heavy atom.